The number of carbonyl (C=O) groups excluding carboxylic acids is 1. The van der Waals surface area contributed by atoms with Gasteiger partial charge in [-0.2, -0.15) is 0 Å². The monoisotopic (exact) mass is 257 g/mol. The fourth-order valence-electron chi connectivity index (χ4n) is 1.87. The van der Waals surface area contributed by atoms with E-state index >= 15 is 0 Å². The lowest BCUT2D eigenvalue weighted by molar-refractivity contribution is 0.102. The van der Waals surface area contributed by atoms with Gasteiger partial charge in [0.25, 0.3) is 0 Å². The predicted molar refractivity (Wildman–Crippen MR) is 71.2 cm³/mol. The van der Waals surface area contributed by atoms with Crippen molar-refractivity contribution in [2.75, 3.05) is 13.7 Å². The Labute approximate surface area is 111 Å². The molecule has 0 radical (unpaired) electrons. The van der Waals surface area contributed by atoms with Gasteiger partial charge >= 0.3 is 0 Å². The van der Waals surface area contributed by atoms with Crippen LogP contribution >= 0.6 is 0 Å². The Morgan fingerprint density at radius 1 is 1.26 bits per heavy atom. The molecule has 5 heteroatoms. The van der Waals surface area contributed by atoms with Crippen LogP contribution in [0.25, 0.3) is 0 Å². The summed E-state index contributed by atoms with van der Waals surface area (Å²) in [5.74, 6) is 0.0315. The van der Waals surface area contributed by atoms with Crippen molar-refractivity contribution in [2.45, 2.75) is 6.42 Å². The molecule has 0 unspecified atom stereocenters. The van der Waals surface area contributed by atoms with Gasteiger partial charge in [0.2, 0.25) is 11.7 Å². The van der Waals surface area contributed by atoms with Crippen molar-refractivity contribution in [3.05, 3.63) is 53.5 Å². The van der Waals surface area contributed by atoms with Crippen LogP contribution in [0.1, 0.15) is 21.6 Å². The summed E-state index contributed by atoms with van der Waals surface area (Å²) in [5.41, 5.74) is 7.27. The fourth-order valence-corrected chi connectivity index (χ4v) is 1.87. The molecule has 0 aliphatic heterocycles. The molecule has 0 bridgehead atoms. The van der Waals surface area contributed by atoms with Crippen LogP contribution in [0.3, 0.4) is 0 Å². The molecule has 2 N–H and O–H groups in total. The van der Waals surface area contributed by atoms with Gasteiger partial charge in [-0.05, 0) is 18.5 Å². The third-order valence-electron chi connectivity index (χ3n) is 2.75. The Morgan fingerprint density at radius 2 is 2.00 bits per heavy atom. The topological polar surface area (TPSA) is 78.1 Å². The summed E-state index contributed by atoms with van der Waals surface area (Å²) in [5, 5.41) is 0. The van der Waals surface area contributed by atoms with E-state index in [2.05, 4.69) is 9.97 Å². The highest BCUT2D eigenvalue weighted by Gasteiger charge is 2.19. The van der Waals surface area contributed by atoms with E-state index in [1.54, 1.807) is 6.07 Å². The van der Waals surface area contributed by atoms with E-state index in [9.17, 15) is 4.79 Å². The first-order valence-corrected chi connectivity index (χ1v) is 5.95. The van der Waals surface area contributed by atoms with E-state index in [0.29, 0.717) is 18.5 Å². The zero-order valence-electron chi connectivity index (χ0n) is 10.7. The zero-order chi connectivity index (χ0) is 13.7. The second-order valence-electron chi connectivity index (χ2n) is 3.94. The molecule has 0 saturated heterocycles. The van der Waals surface area contributed by atoms with Crippen LogP contribution in [0.15, 0.2) is 36.7 Å². The second-order valence-corrected chi connectivity index (χ2v) is 3.94. The number of carbonyl (C=O) groups is 1. The molecule has 1 aromatic carbocycles. The molecule has 0 fully saturated rings. The van der Waals surface area contributed by atoms with Crippen molar-refractivity contribution in [3.8, 4) is 5.88 Å². The molecule has 0 aliphatic carbocycles. The van der Waals surface area contributed by atoms with Crippen LogP contribution in [0, 0.1) is 0 Å². The minimum absolute atomic E-state index is 0.200. The lowest BCUT2D eigenvalue weighted by Crippen LogP contribution is -2.12. The Bertz CT molecular complexity index is 584. The number of ketones is 1. The van der Waals surface area contributed by atoms with Crippen LogP contribution in [0.5, 0.6) is 5.88 Å². The number of nitrogens with two attached hydrogens (primary N) is 1. The Hall–Kier alpha value is -2.27. The van der Waals surface area contributed by atoms with Crippen LogP contribution in [0.4, 0.5) is 0 Å². The second kappa shape index (κ2) is 6.06. The molecule has 2 rings (SSSR count). The molecule has 0 saturated carbocycles. The van der Waals surface area contributed by atoms with Crippen molar-refractivity contribution in [1.82, 2.24) is 9.97 Å². The van der Waals surface area contributed by atoms with Gasteiger partial charge in [-0.3, -0.25) is 4.79 Å². The summed E-state index contributed by atoms with van der Waals surface area (Å²) in [6.45, 7) is 0.488. The first-order valence-electron chi connectivity index (χ1n) is 5.95. The molecule has 1 aromatic heterocycles. The van der Waals surface area contributed by atoms with Gasteiger partial charge in [0.15, 0.2) is 5.69 Å². The van der Waals surface area contributed by atoms with E-state index in [0.717, 1.165) is 5.56 Å². The molecule has 0 spiro atoms. The summed E-state index contributed by atoms with van der Waals surface area (Å²) in [6, 6.07) is 7.36. The van der Waals surface area contributed by atoms with Crippen molar-refractivity contribution in [2.24, 2.45) is 5.73 Å². The SMILES string of the molecule is COc1nccnc1C(=O)c1ccccc1CCN. The smallest absolute Gasteiger partial charge is 0.243 e. The lowest BCUT2D eigenvalue weighted by Gasteiger charge is -2.08. The minimum Gasteiger partial charge on any atom is -0.479 e. The molecular formula is C14H15N3O2. The van der Waals surface area contributed by atoms with Crippen LogP contribution < -0.4 is 10.5 Å². The van der Waals surface area contributed by atoms with Crippen LogP contribution in [-0.2, 0) is 6.42 Å². The molecule has 0 atom stereocenters. The fraction of sp³-hybridized carbons (Fsp3) is 0.214. The van der Waals surface area contributed by atoms with E-state index in [1.807, 2.05) is 18.2 Å². The Balaban J connectivity index is 2.44. The van der Waals surface area contributed by atoms with Crippen molar-refractivity contribution >= 4 is 5.78 Å². The first-order chi connectivity index (χ1) is 9.27. The maximum absolute atomic E-state index is 12.5. The average molecular weight is 257 g/mol. The maximum atomic E-state index is 12.5. The van der Waals surface area contributed by atoms with Gasteiger partial charge in [0.05, 0.1) is 7.11 Å². The number of aromatic nitrogens is 2. The maximum Gasteiger partial charge on any atom is 0.243 e. The third kappa shape index (κ3) is 2.77. The number of hydrogen-bond donors (Lipinski definition) is 1. The molecule has 5 nitrogen and oxygen atoms in total. The van der Waals surface area contributed by atoms with Gasteiger partial charge in [-0.15, -0.1) is 0 Å². The predicted octanol–water partition coefficient (Wildman–Crippen LogP) is 1.22. The third-order valence-corrected chi connectivity index (χ3v) is 2.75. The largest absolute Gasteiger partial charge is 0.479 e. The number of rotatable bonds is 5. The summed E-state index contributed by atoms with van der Waals surface area (Å²) in [4.78, 5) is 20.5. The summed E-state index contributed by atoms with van der Waals surface area (Å²) < 4.78 is 5.07. The normalized spacial score (nSPS) is 10.2. The standard InChI is InChI=1S/C14H15N3O2/c1-19-14-12(16-8-9-17-14)13(18)11-5-3-2-4-10(11)6-7-15/h2-5,8-9H,6-7,15H2,1H3. The zero-order valence-corrected chi connectivity index (χ0v) is 10.7. The van der Waals surface area contributed by atoms with Crippen LogP contribution in [-0.4, -0.2) is 29.4 Å². The van der Waals surface area contributed by atoms with Crippen molar-refractivity contribution in [1.29, 1.82) is 0 Å². The number of nitrogens with zero attached hydrogens (tertiary/aromatic N) is 2. The molecule has 1 heterocycles. The molecule has 98 valence electrons. The number of hydrogen-bond acceptors (Lipinski definition) is 5. The lowest BCUT2D eigenvalue weighted by atomic mass is 9.99. The minimum atomic E-state index is -0.200. The van der Waals surface area contributed by atoms with Crippen LogP contribution in [0.2, 0.25) is 0 Å². The molecule has 19 heavy (non-hydrogen) atoms. The molecular weight excluding hydrogens is 242 g/mol. The van der Waals surface area contributed by atoms with Gasteiger partial charge in [-0.25, -0.2) is 9.97 Å². The molecule has 2 aromatic rings. The molecule has 0 amide bonds. The quantitative estimate of drug-likeness (QED) is 0.815. The summed E-state index contributed by atoms with van der Waals surface area (Å²) in [7, 11) is 1.46. The summed E-state index contributed by atoms with van der Waals surface area (Å²) in [6.07, 6.45) is 3.60. The number of methoxy groups -OCH3 is 1. The Kier molecular flexibility index (Phi) is 4.20. The van der Waals surface area contributed by atoms with E-state index in [4.69, 9.17) is 10.5 Å². The number of ether oxygens (including phenoxy) is 1. The van der Waals surface area contributed by atoms with E-state index in [-0.39, 0.29) is 17.4 Å². The van der Waals surface area contributed by atoms with E-state index < -0.39 is 0 Å². The Morgan fingerprint density at radius 3 is 2.74 bits per heavy atom. The van der Waals surface area contributed by atoms with Gasteiger partial charge in [-0.1, -0.05) is 24.3 Å². The number of benzene rings is 1. The summed E-state index contributed by atoms with van der Waals surface area (Å²) >= 11 is 0. The highest BCUT2D eigenvalue weighted by molar-refractivity contribution is 6.09. The van der Waals surface area contributed by atoms with Gasteiger partial charge in [0, 0.05) is 18.0 Å². The highest BCUT2D eigenvalue weighted by Crippen LogP contribution is 2.19. The van der Waals surface area contributed by atoms with Gasteiger partial charge < -0.3 is 10.5 Å². The van der Waals surface area contributed by atoms with E-state index in [1.165, 1.54) is 19.5 Å². The van der Waals surface area contributed by atoms with Crippen molar-refractivity contribution in [3.63, 3.8) is 0 Å². The van der Waals surface area contributed by atoms with Crippen molar-refractivity contribution < 1.29 is 9.53 Å². The molecule has 0 aliphatic rings. The highest BCUT2D eigenvalue weighted by atomic mass is 16.5. The average Bonchev–Trinajstić information content (AvgIpc) is 2.47. The first kappa shape index (κ1) is 13.2. The van der Waals surface area contributed by atoms with Gasteiger partial charge in [0.1, 0.15) is 0 Å².